The van der Waals surface area contributed by atoms with Crippen LogP contribution in [0.2, 0.25) is 0 Å². The topological polar surface area (TPSA) is 60.9 Å². The number of fused-ring (bicyclic) bond motifs is 1. The summed E-state index contributed by atoms with van der Waals surface area (Å²) in [4.78, 5) is 16.3. The van der Waals surface area contributed by atoms with Crippen molar-refractivity contribution >= 4 is 17.1 Å². The van der Waals surface area contributed by atoms with Crippen LogP contribution in [0.4, 0.5) is 4.79 Å². The van der Waals surface area contributed by atoms with Gasteiger partial charge in [-0.1, -0.05) is 50.2 Å². The monoisotopic (exact) mass is 279 g/mol. The number of nitrogens with two attached hydrogens (primary N) is 1. The highest BCUT2D eigenvalue weighted by Gasteiger charge is 2.15. The van der Waals surface area contributed by atoms with Crippen LogP contribution in [-0.4, -0.2) is 15.6 Å². The van der Waals surface area contributed by atoms with Gasteiger partial charge in [0.15, 0.2) is 0 Å². The lowest BCUT2D eigenvalue weighted by atomic mass is 10.0. The number of primary amides is 1. The van der Waals surface area contributed by atoms with Crippen molar-refractivity contribution in [1.29, 1.82) is 0 Å². The molecule has 2 aromatic carbocycles. The van der Waals surface area contributed by atoms with Crippen LogP contribution in [0.5, 0.6) is 0 Å². The van der Waals surface area contributed by atoms with Crippen molar-refractivity contribution in [2.75, 3.05) is 0 Å². The van der Waals surface area contributed by atoms with E-state index in [1.165, 1.54) is 10.1 Å². The van der Waals surface area contributed by atoms with Gasteiger partial charge in [-0.05, 0) is 23.6 Å². The SMILES string of the molecule is CC(C)c1ccc(-c2nc3ccccc3n2C(N)=O)cc1. The number of rotatable bonds is 2. The number of para-hydroxylation sites is 2. The van der Waals surface area contributed by atoms with Crippen molar-refractivity contribution in [3.05, 3.63) is 54.1 Å². The Morgan fingerprint density at radius 2 is 1.76 bits per heavy atom. The van der Waals surface area contributed by atoms with E-state index < -0.39 is 6.03 Å². The smallest absolute Gasteiger partial charge is 0.325 e. The van der Waals surface area contributed by atoms with Gasteiger partial charge in [0, 0.05) is 5.56 Å². The summed E-state index contributed by atoms with van der Waals surface area (Å²) in [7, 11) is 0. The van der Waals surface area contributed by atoms with Crippen molar-refractivity contribution in [3.63, 3.8) is 0 Å². The Bertz CT molecular complexity index is 801. The van der Waals surface area contributed by atoms with E-state index in [1.807, 2.05) is 36.4 Å². The van der Waals surface area contributed by atoms with Gasteiger partial charge < -0.3 is 5.73 Å². The van der Waals surface area contributed by atoms with E-state index in [0.29, 0.717) is 11.7 Å². The molecule has 0 aliphatic heterocycles. The number of aromatic nitrogens is 2. The lowest BCUT2D eigenvalue weighted by molar-refractivity contribution is 0.251. The van der Waals surface area contributed by atoms with Crippen LogP contribution in [0, 0.1) is 0 Å². The van der Waals surface area contributed by atoms with E-state index in [4.69, 9.17) is 5.73 Å². The molecule has 0 fully saturated rings. The number of benzene rings is 2. The van der Waals surface area contributed by atoms with Gasteiger partial charge >= 0.3 is 6.03 Å². The Morgan fingerprint density at radius 1 is 1.10 bits per heavy atom. The van der Waals surface area contributed by atoms with Crippen LogP contribution >= 0.6 is 0 Å². The van der Waals surface area contributed by atoms with Gasteiger partial charge in [-0.25, -0.2) is 14.3 Å². The number of hydrogen-bond acceptors (Lipinski definition) is 2. The van der Waals surface area contributed by atoms with Crippen molar-refractivity contribution < 1.29 is 4.79 Å². The number of imidazole rings is 1. The normalized spacial score (nSPS) is 11.2. The summed E-state index contributed by atoms with van der Waals surface area (Å²) in [5.41, 5.74) is 9.15. The first kappa shape index (κ1) is 13.4. The van der Waals surface area contributed by atoms with E-state index in [0.717, 1.165) is 16.6 Å². The summed E-state index contributed by atoms with van der Waals surface area (Å²) in [5, 5.41) is 0. The molecule has 0 atom stereocenters. The van der Waals surface area contributed by atoms with Crippen molar-refractivity contribution in [2.24, 2.45) is 5.73 Å². The Balaban J connectivity index is 2.19. The summed E-state index contributed by atoms with van der Waals surface area (Å²) in [6.07, 6.45) is 0. The molecule has 4 heteroatoms. The van der Waals surface area contributed by atoms with Gasteiger partial charge in [0.05, 0.1) is 11.0 Å². The minimum Gasteiger partial charge on any atom is -0.351 e. The molecule has 21 heavy (non-hydrogen) atoms. The Hall–Kier alpha value is -2.62. The minimum atomic E-state index is -0.522. The van der Waals surface area contributed by atoms with Gasteiger partial charge in [-0.2, -0.15) is 0 Å². The van der Waals surface area contributed by atoms with E-state index >= 15 is 0 Å². The fourth-order valence-electron chi connectivity index (χ4n) is 2.46. The minimum absolute atomic E-state index is 0.467. The van der Waals surface area contributed by atoms with E-state index in [-0.39, 0.29) is 0 Å². The highest BCUT2D eigenvalue weighted by molar-refractivity contribution is 5.93. The van der Waals surface area contributed by atoms with Gasteiger partial charge in [-0.3, -0.25) is 0 Å². The maximum Gasteiger partial charge on any atom is 0.325 e. The third kappa shape index (κ3) is 2.29. The van der Waals surface area contributed by atoms with Gasteiger partial charge in [0.2, 0.25) is 0 Å². The molecule has 0 spiro atoms. The third-order valence-electron chi connectivity index (χ3n) is 3.62. The second kappa shape index (κ2) is 5.05. The summed E-state index contributed by atoms with van der Waals surface area (Å²) >= 11 is 0. The number of amides is 1. The zero-order valence-electron chi connectivity index (χ0n) is 12.1. The maximum absolute atomic E-state index is 11.8. The standard InChI is InChI=1S/C17H17N3O/c1-11(2)12-7-9-13(10-8-12)16-19-14-5-3-4-6-15(14)20(16)17(18)21/h3-11H,1-2H3,(H2,18,21). The molecular formula is C17H17N3O. The summed E-state index contributed by atoms with van der Waals surface area (Å²) in [6.45, 7) is 4.29. The Kier molecular flexibility index (Phi) is 3.22. The number of nitrogens with zero attached hydrogens (tertiary/aromatic N) is 2. The van der Waals surface area contributed by atoms with E-state index in [1.54, 1.807) is 0 Å². The molecule has 1 amide bonds. The molecule has 3 aromatic rings. The molecule has 0 saturated heterocycles. The molecular weight excluding hydrogens is 262 g/mol. The van der Waals surface area contributed by atoms with Crippen molar-refractivity contribution in [2.45, 2.75) is 19.8 Å². The summed E-state index contributed by atoms with van der Waals surface area (Å²) < 4.78 is 1.46. The molecule has 106 valence electrons. The molecule has 1 heterocycles. The van der Waals surface area contributed by atoms with Crippen LogP contribution in [-0.2, 0) is 0 Å². The largest absolute Gasteiger partial charge is 0.351 e. The molecule has 0 bridgehead atoms. The number of hydrogen-bond donors (Lipinski definition) is 1. The van der Waals surface area contributed by atoms with E-state index in [9.17, 15) is 4.79 Å². The molecule has 0 radical (unpaired) electrons. The number of carbonyl (C=O) groups excluding carboxylic acids is 1. The van der Waals surface area contributed by atoms with Crippen LogP contribution in [0.25, 0.3) is 22.4 Å². The average molecular weight is 279 g/mol. The second-order valence-electron chi connectivity index (χ2n) is 5.37. The van der Waals surface area contributed by atoms with Crippen LogP contribution < -0.4 is 5.73 Å². The average Bonchev–Trinajstić information content (AvgIpc) is 2.86. The molecule has 0 saturated carbocycles. The first-order chi connectivity index (χ1) is 10.1. The predicted octanol–water partition coefficient (Wildman–Crippen LogP) is 3.75. The molecule has 2 N–H and O–H groups in total. The third-order valence-corrected chi connectivity index (χ3v) is 3.62. The van der Waals surface area contributed by atoms with Gasteiger partial charge in [0.25, 0.3) is 0 Å². The molecule has 0 aliphatic rings. The Labute approximate surface area is 123 Å². The quantitative estimate of drug-likeness (QED) is 0.776. The fraction of sp³-hybridized carbons (Fsp3) is 0.176. The van der Waals surface area contributed by atoms with Crippen LogP contribution in [0.15, 0.2) is 48.5 Å². The van der Waals surface area contributed by atoms with Crippen molar-refractivity contribution in [1.82, 2.24) is 9.55 Å². The fourth-order valence-corrected chi connectivity index (χ4v) is 2.46. The maximum atomic E-state index is 11.8. The number of carbonyl (C=O) groups is 1. The Morgan fingerprint density at radius 3 is 2.38 bits per heavy atom. The first-order valence-electron chi connectivity index (χ1n) is 6.95. The lowest BCUT2D eigenvalue weighted by Crippen LogP contribution is -2.20. The van der Waals surface area contributed by atoms with Gasteiger partial charge in [0.1, 0.15) is 5.82 Å². The van der Waals surface area contributed by atoms with E-state index in [2.05, 4.69) is 31.0 Å². The molecule has 0 aliphatic carbocycles. The first-order valence-corrected chi connectivity index (χ1v) is 6.95. The second-order valence-corrected chi connectivity index (χ2v) is 5.37. The van der Waals surface area contributed by atoms with Gasteiger partial charge in [-0.15, -0.1) is 0 Å². The zero-order valence-corrected chi connectivity index (χ0v) is 12.1. The summed E-state index contributed by atoms with van der Waals surface area (Å²) in [5.74, 6) is 1.05. The molecule has 1 aromatic heterocycles. The molecule has 0 unspecified atom stereocenters. The highest BCUT2D eigenvalue weighted by atomic mass is 16.2. The van der Waals surface area contributed by atoms with Crippen LogP contribution in [0.3, 0.4) is 0 Å². The lowest BCUT2D eigenvalue weighted by Gasteiger charge is -2.07. The molecule has 4 nitrogen and oxygen atoms in total. The van der Waals surface area contributed by atoms with Crippen LogP contribution in [0.1, 0.15) is 25.3 Å². The molecule has 3 rings (SSSR count). The predicted molar refractivity (Wildman–Crippen MR) is 84.2 cm³/mol. The van der Waals surface area contributed by atoms with Crippen molar-refractivity contribution in [3.8, 4) is 11.4 Å². The summed E-state index contributed by atoms with van der Waals surface area (Å²) in [6, 6.07) is 15.1. The highest BCUT2D eigenvalue weighted by Crippen LogP contribution is 2.26. The zero-order chi connectivity index (χ0) is 15.0.